The van der Waals surface area contributed by atoms with Crippen LogP contribution in [0.25, 0.3) is 0 Å². The molecule has 2 amide bonds. The fourth-order valence-electron chi connectivity index (χ4n) is 2.97. The van der Waals surface area contributed by atoms with E-state index in [-0.39, 0.29) is 34.6 Å². The fourth-order valence-corrected chi connectivity index (χ4v) is 4.64. The molecule has 2 unspecified atom stereocenters. The summed E-state index contributed by atoms with van der Waals surface area (Å²) in [7, 11) is -3.08. The van der Waals surface area contributed by atoms with E-state index >= 15 is 0 Å². The summed E-state index contributed by atoms with van der Waals surface area (Å²) < 4.78 is 23.0. The van der Waals surface area contributed by atoms with Crippen molar-refractivity contribution in [2.24, 2.45) is 0 Å². The molecule has 0 spiro atoms. The third-order valence-electron chi connectivity index (χ3n) is 4.48. The molecule has 8 heteroatoms. The van der Waals surface area contributed by atoms with Crippen LogP contribution in [0, 0.1) is 0 Å². The minimum Gasteiger partial charge on any atom is -0.348 e. The van der Waals surface area contributed by atoms with E-state index in [2.05, 4.69) is 15.6 Å². The molecule has 1 aromatic heterocycles. The Bertz CT molecular complexity index is 944. The smallest absolute Gasteiger partial charge is 0.253 e. The maximum absolute atomic E-state index is 12.5. The van der Waals surface area contributed by atoms with Crippen molar-refractivity contribution in [2.45, 2.75) is 25.4 Å². The maximum atomic E-state index is 12.5. The van der Waals surface area contributed by atoms with Gasteiger partial charge in [0.2, 0.25) is 0 Å². The number of hydrogen-bond acceptors (Lipinski definition) is 5. The lowest BCUT2D eigenvalue weighted by Crippen LogP contribution is -2.35. The number of aromatic nitrogens is 1. The molecule has 0 aliphatic carbocycles. The van der Waals surface area contributed by atoms with Crippen molar-refractivity contribution >= 4 is 21.7 Å². The van der Waals surface area contributed by atoms with Gasteiger partial charge in [0, 0.05) is 18.4 Å². The SMILES string of the molecule is CC(NC(=O)c1cncc(C(=O)NC2CCS(=O)(=O)C2)c1)c1ccccc1. The first kappa shape index (κ1) is 19.0. The highest BCUT2D eigenvalue weighted by Gasteiger charge is 2.29. The number of amides is 2. The van der Waals surface area contributed by atoms with Crippen LogP contribution < -0.4 is 10.6 Å². The molecule has 2 N–H and O–H groups in total. The van der Waals surface area contributed by atoms with Crippen molar-refractivity contribution in [3.05, 3.63) is 65.5 Å². The number of carbonyl (C=O) groups is 2. The molecule has 2 heterocycles. The third-order valence-corrected chi connectivity index (χ3v) is 6.25. The average Bonchev–Trinajstić information content (AvgIpc) is 3.00. The fraction of sp³-hybridized carbons (Fsp3) is 0.316. The van der Waals surface area contributed by atoms with Gasteiger partial charge in [-0.1, -0.05) is 30.3 Å². The molecule has 0 saturated carbocycles. The first-order valence-electron chi connectivity index (χ1n) is 8.66. The van der Waals surface area contributed by atoms with Gasteiger partial charge < -0.3 is 10.6 Å². The minimum absolute atomic E-state index is 0.0546. The molecule has 0 radical (unpaired) electrons. The summed E-state index contributed by atoms with van der Waals surface area (Å²) in [6.45, 7) is 1.87. The summed E-state index contributed by atoms with van der Waals surface area (Å²) >= 11 is 0. The summed E-state index contributed by atoms with van der Waals surface area (Å²) in [5.41, 5.74) is 1.46. The van der Waals surface area contributed by atoms with Crippen LogP contribution in [0.15, 0.2) is 48.8 Å². The normalized spacial score (nSPS) is 19.2. The van der Waals surface area contributed by atoms with E-state index < -0.39 is 21.8 Å². The molecule has 1 aliphatic rings. The van der Waals surface area contributed by atoms with E-state index in [9.17, 15) is 18.0 Å². The average molecular weight is 387 g/mol. The lowest BCUT2D eigenvalue weighted by Gasteiger charge is -2.15. The van der Waals surface area contributed by atoms with Gasteiger partial charge >= 0.3 is 0 Å². The zero-order valence-corrected chi connectivity index (χ0v) is 15.7. The van der Waals surface area contributed by atoms with Gasteiger partial charge in [-0.05, 0) is 25.0 Å². The van der Waals surface area contributed by atoms with Crippen LogP contribution in [0.5, 0.6) is 0 Å². The minimum atomic E-state index is -3.08. The highest BCUT2D eigenvalue weighted by molar-refractivity contribution is 7.91. The number of sulfone groups is 1. The van der Waals surface area contributed by atoms with Gasteiger partial charge in [-0.15, -0.1) is 0 Å². The molecule has 27 heavy (non-hydrogen) atoms. The van der Waals surface area contributed by atoms with Crippen molar-refractivity contribution in [1.29, 1.82) is 0 Å². The summed E-state index contributed by atoms with van der Waals surface area (Å²) in [5, 5.41) is 5.57. The van der Waals surface area contributed by atoms with Gasteiger partial charge in [0.05, 0.1) is 28.7 Å². The first-order valence-corrected chi connectivity index (χ1v) is 10.5. The molecule has 1 aromatic carbocycles. The van der Waals surface area contributed by atoms with Crippen molar-refractivity contribution in [3.8, 4) is 0 Å². The molecule has 2 aromatic rings. The van der Waals surface area contributed by atoms with Crippen LogP contribution in [0.4, 0.5) is 0 Å². The van der Waals surface area contributed by atoms with E-state index in [4.69, 9.17) is 0 Å². The van der Waals surface area contributed by atoms with Gasteiger partial charge in [-0.2, -0.15) is 0 Å². The molecule has 142 valence electrons. The number of pyridine rings is 1. The van der Waals surface area contributed by atoms with Gasteiger partial charge in [-0.25, -0.2) is 8.42 Å². The van der Waals surface area contributed by atoms with E-state index in [0.717, 1.165) is 5.56 Å². The monoisotopic (exact) mass is 387 g/mol. The van der Waals surface area contributed by atoms with Crippen LogP contribution >= 0.6 is 0 Å². The van der Waals surface area contributed by atoms with Crippen molar-refractivity contribution in [2.75, 3.05) is 11.5 Å². The highest BCUT2D eigenvalue weighted by atomic mass is 32.2. The molecule has 7 nitrogen and oxygen atoms in total. The second-order valence-corrected chi connectivity index (χ2v) is 8.87. The van der Waals surface area contributed by atoms with E-state index in [1.54, 1.807) is 0 Å². The predicted octanol–water partition coefficient (Wildman–Crippen LogP) is 1.49. The summed E-state index contributed by atoms with van der Waals surface area (Å²) in [6, 6.07) is 10.4. The van der Waals surface area contributed by atoms with Crippen LogP contribution in [0.1, 0.15) is 45.7 Å². The molecule has 2 atom stereocenters. The molecule has 3 rings (SSSR count). The quantitative estimate of drug-likeness (QED) is 0.809. The third kappa shape index (κ3) is 4.91. The van der Waals surface area contributed by atoms with Gasteiger partial charge in [0.25, 0.3) is 11.8 Å². The van der Waals surface area contributed by atoms with E-state index in [0.29, 0.717) is 6.42 Å². The topological polar surface area (TPSA) is 105 Å². The van der Waals surface area contributed by atoms with E-state index in [1.807, 2.05) is 37.3 Å². The Morgan fingerprint density at radius 2 is 1.78 bits per heavy atom. The Morgan fingerprint density at radius 3 is 2.41 bits per heavy atom. The molecule has 1 fully saturated rings. The number of nitrogens with zero attached hydrogens (tertiary/aromatic N) is 1. The zero-order valence-electron chi connectivity index (χ0n) is 14.9. The number of hydrogen-bond donors (Lipinski definition) is 2. The Hall–Kier alpha value is -2.74. The first-order chi connectivity index (χ1) is 12.8. The van der Waals surface area contributed by atoms with E-state index in [1.165, 1.54) is 18.5 Å². The summed E-state index contributed by atoms with van der Waals surface area (Å²) in [6.07, 6.45) is 3.15. The Kier molecular flexibility index (Phi) is 5.55. The van der Waals surface area contributed by atoms with Crippen molar-refractivity contribution < 1.29 is 18.0 Å². The number of carbonyl (C=O) groups excluding carboxylic acids is 2. The Labute approximate surface area is 158 Å². The number of rotatable bonds is 5. The maximum Gasteiger partial charge on any atom is 0.253 e. The van der Waals surface area contributed by atoms with Gasteiger partial charge in [-0.3, -0.25) is 14.6 Å². The van der Waals surface area contributed by atoms with Gasteiger partial charge in [0.15, 0.2) is 9.84 Å². The number of nitrogens with one attached hydrogen (secondary N) is 2. The van der Waals surface area contributed by atoms with Crippen molar-refractivity contribution in [3.63, 3.8) is 0 Å². The van der Waals surface area contributed by atoms with Crippen LogP contribution in [-0.4, -0.2) is 42.8 Å². The van der Waals surface area contributed by atoms with Crippen molar-refractivity contribution in [1.82, 2.24) is 15.6 Å². The molecule has 0 bridgehead atoms. The molecular weight excluding hydrogens is 366 g/mol. The van der Waals surface area contributed by atoms with Gasteiger partial charge in [0.1, 0.15) is 0 Å². The largest absolute Gasteiger partial charge is 0.348 e. The van der Waals surface area contributed by atoms with Crippen LogP contribution in [0.3, 0.4) is 0 Å². The lowest BCUT2D eigenvalue weighted by molar-refractivity contribution is 0.0939. The zero-order chi connectivity index (χ0) is 19.4. The second kappa shape index (κ2) is 7.87. The van der Waals surface area contributed by atoms with Crippen LogP contribution in [0.2, 0.25) is 0 Å². The molecule has 1 aliphatic heterocycles. The predicted molar refractivity (Wildman–Crippen MR) is 101 cm³/mol. The Balaban J connectivity index is 1.66. The van der Waals surface area contributed by atoms with Crippen LogP contribution in [-0.2, 0) is 9.84 Å². The molecule has 1 saturated heterocycles. The highest BCUT2D eigenvalue weighted by Crippen LogP contribution is 2.14. The number of benzene rings is 1. The summed E-state index contributed by atoms with van der Waals surface area (Å²) in [4.78, 5) is 28.8. The summed E-state index contributed by atoms with van der Waals surface area (Å²) in [5.74, 6) is -0.746. The molecular formula is C19H21N3O4S. The standard InChI is InChI=1S/C19H21N3O4S/c1-13(14-5-3-2-4-6-14)21-18(23)15-9-16(11-20-10-15)19(24)22-17-7-8-27(25,26)12-17/h2-6,9-11,13,17H,7-8,12H2,1H3,(H,21,23)(H,22,24). The lowest BCUT2D eigenvalue weighted by atomic mass is 10.1. The Morgan fingerprint density at radius 1 is 1.11 bits per heavy atom. The second-order valence-electron chi connectivity index (χ2n) is 6.64.